The van der Waals surface area contributed by atoms with Crippen LogP contribution in [0.3, 0.4) is 0 Å². The van der Waals surface area contributed by atoms with Crippen molar-refractivity contribution >= 4 is 21.7 Å². The molecule has 0 atom stereocenters. The first-order valence-corrected chi connectivity index (χ1v) is 7.09. The van der Waals surface area contributed by atoms with Crippen molar-refractivity contribution in [2.75, 3.05) is 24.2 Å². The number of anilines is 2. The van der Waals surface area contributed by atoms with E-state index in [2.05, 4.69) is 9.97 Å². The number of rotatable bonds is 4. The smallest absolute Gasteiger partial charge is 0.267 e. The van der Waals surface area contributed by atoms with Gasteiger partial charge in [0.2, 0.25) is 5.95 Å². The number of nitrogens with zero attached hydrogens (tertiary/aromatic N) is 3. The number of benzene rings is 1. The molecular weight excluding hydrogens is 280 g/mol. The highest BCUT2D eigenvalue weighted by molar-refractivity contribution is 7.92. The summed E-state index contributed by atoms with van der Waals surface area (Å²) in [6.45, 7) is 0. The van der Waals surface area contributed by atoms with Gasteiger partial charge >= 0.3 is 0 Å². The van der Waals surface area contributed by atoms with Gasteiger partial charge in [0.25, 0.3) is 10.0 Å². The van der Waals surface area contributed by atoms with Gasteiger partial charge in [-0.3, -0.25) is 4.31 Å². The Morgan fingerprint density at radius 2 is 1.70 bits per heavy atom. The Labute approximate surface area is 117 Å². The number of hydrogen-bond acceptors (Lipinski definition) is 6. The zero-order chi connectivity index (χ0) is 14.8. The van der Waals surface area contributed by atoms with Crippen molar-refractivity contribution in [2.45, 2.75) is 4.90 Å². The minimum Gasteiger partial charge on any atom is -0.497 e. The third-order valence-electron chi connectivity index (χ3n) is 2.74. The molecule has 0 radical (unpaired) electrons. The van der Waals surface area contributed by atoms with Crippen LogP contribution in [0.2, 0.25) is 0 Å². The zero-order valence-electron chi connectivity index (χ0n) is 11.0. The van der Waals surface area contributed by atoms with Crippen LogP contribution in [-0.2, 0) is 10.0 Å². The van der Waals surface area contributed by atoms with E-state index in [9.17, 15) is 8.42 Å². The van der Waals surface area contributed by atoms with Gasteiger partial charge in [0.05, 0.1) is 25.2 Å². The van der Waals surface area contributed by atoms with Crippen LogP contribution >= 0.6 is 0 Å². The molecule has 20 heavy (non-hydrogen) atoms. The summed E-state index contributed by atoms with van der Waals surface area (Å²) in [6, 6.07) is 6.66. The third kappa shape index (κ3) is 2.64. The molecule has 2 aromatic rings. The zero-order valence-corrected chi connectivity index (χ0v) is 11.8. The highest BCUT2D eigenvalue weighted by atomic mass is 32.2. The molecule has 0 fully saturated rings. The molecule has 0 bridgehead atoms. The summed E-state index contributed by atoms with van der Waals surface area (Å²) in [5.74, 6) is 0.673. The highest BCUT2D eigenvalue weighted by Gasteiger charge is 2.22. The van der Waals surface area contributed by atoms with Gasteiger partial charge in [-0.1, -0.05) is 0 Å². The molecule has 0 aliphatic rings. The lowest BCUT2D eigenvalue weighted by Crippen LogP contribution is -2.26. The molecule has 106 valence electrons. The van der Waals surface area contributed by atoms with E-state index in [1.165, 1.54) is 19.4 Å². The Kier molecular flexibility index (Phi) is 3.75. The molecule has 2 rings (SSSR count). The number of hydrogen-bond donors (Lipinski definition) is 1. The number of sulfonamides is 1. The fraction of sp³-hybridized carbons (Fsp3) is 0.167. The van der Waals surface area contributed by atoms with Crippen LogP contribution in [0.1, 0.15) is 0 Å². The summed E-state index contributed by atoms with van der Waals surface area (Å²) >= 11 is 0. The molecule has 1 aromatic carbocycles. The average molecular weight is 294 g/mol. The molecule has 1 heterocycles. The summed E-state index contributed by atoms with van der Waals surface area (Å²) in [5, 5.41) is 0. The summed E-state index contributed by atoms with van der Waals surface area (Å²) in [7, 11) is -0.722. The quantitative estimate of drug-likeness (QED) is 0.899. The highest BCUT2D eigenvalue weighted by Crippen LogP contribution is 2.23. The van der Waals surface area contributed by atoms with Crippen LogP contribution in [0.4, 0.5) is 11.6 Å². The second-order valence-electron chi connectivity index (χ2n) is 3.95. The Bertz CT molecular complexity index is 684. The Balaban J connectivity index is 2.35. The van der Waals surface area contributed by atoms with Crippen molar-refractivity contribution in [2.24, 2.45) is 0 Å². The normalized spacial score (nSPS) is 11.1. The van der Waals surface area contributed by atoms with Gasteiger partial charge in [-0.05, 0) is 24.3 Å². The number of ether oxygens (including phenoxy) is 1. The third-order valence-corrected chi connectivity index (χ3v) is 4.48. The van der Waals surface area contributed by atoms with Gasteiger partial charge in [0.15, 0.2) is 0 Å². The number of nitrogen functional groups attached to an aromatic ring is 1. The number of aromatic nitrogens is 2. The van der Waals surface area contributed by atoms with Crippen molar-refractivity contribution in [3.63, 3.8) is 0 Å². The second-order valence-corrected chi connectivity index (χ2v) is 5.92. The van der Waals surface area contributed by atoms with Crippen LogP contribution < -0.4 is 14.8 Å². The predicted molar refractivity (Wildman–Crippen MR) is 75.0 cm³/mol. The van der Waals surface area contributed by atoms with Crippen LogP contribution in [0.25, 0.3) is 0 Å². The van der Waals surface area contributed by atoms with Crippen molar-refractivity contribution in [1.29, 1.82) is 0 Å². The average Bonchev–Trinajstić information content (AvgIpc) is 2.47. The topological polar surface area (TPSA) is 98.4 Å². The van der Waals surface area contributed by atoms with Crippen LogP contribution in [-0.4, -0.2) is 32.5 Å². The lowest BCUT2D eigenvalue weighted by molar-refractivity contribution is 0.415. The van der Waals surface area contributed by atoms with Gasteiger partial charge < -0.3 is 10.5 Å². The maximum Gasteiger partial charge on any atom is 0.267 e. The minimum atomic E-state index is -3.72. The largest absolute Gasteiger partial charge is 0.497 e. The molecule has 0 saturated heterocycles. The molecule has 0 saturated carbocycles. The van der Waals surface area contributed by atoms with Crippen LogP contribution in [0.5, 0.6) is 5.75 Å². The number of methoxy groups -OCH3 is 1. The predicted octanol–water partition coefficient (Wildman–Crippen LogP) is 0.892. The summed E-state index contributed by atoms with van der Waals surface area (Å²) in [5.41, 5.74) is 5.85. The van der Waals surface area contributed by atoms with E-state index in [-0.39, 0.29) is 10.8 Å². The van der Waals surface area contributed by atoms with Gasteiger partial charge in [-0.2, -0.15) is 0 Å². The van der Waals surface area contributed by atoms with Crippen molar-refractivity contribution in [3.8, 4) is 5.75 Å². The van der Waals surface area contributed by atoms with E-state index < -0.39 is 10.0 Å². The maximum atomic E-state index is 12.4. The molecule has 0 aliphatic carbocycles. The van der Waals surface area contributed by atoms with Crippen LogP contribution in [0, 0.1) is 0 Å². The standard InChI is InChI=1S/C12H14N4O3S/c1-16(9-3-5-10(19-2)6-4-9)20(17,18)11-7-14-12(13)15-8-11/h3-8H,1-2H3,(H2,13,14,15). The Morgan fingerprint density at radius 1 is 1.15 bits per heavy atom. The first-order chi connectivity index (χ1) is 9.45. The summed E-state index contributed by atoms with van der Waals surface area (Å²) in [4.78, 5) is 7.36. The van der Waals surface area contributed by atoms with E-state index in [1.54, 1.807) is 31.4 Å². The lowest BCUT2D eigenvalue weighted by atomic mass is 10.3. The first-order valence-electron chi connectivity index (χ1n) is 5.65. The van der Waals surface area contributed by atoms with E-state index in [1.807, 2.05) is 0 Å². The monoisotopic (exact) mass is 294 g/mol. The Hall–Kier alpha value is -2.35. The minimum absolute atomic E-state index is 0.0231. The maximum absolute atomic E-state index is 12.4. The number of nitrogens with two attached hydrogens (primary N) is 1. The molecule has 0 amide bonds. The fourth-order valence-corrected chi connectivity index (χ4v) is 2.64. The van der Waals surface area contributed by atoms with Gasteiger partial charge in [-0.15, -0.1) is 0 Å². The first kappa shape index (κ1) is 14.1. The lowest BCUT2D eigenvalue weighted by Gasteiger charge is -2.19. The van der Waals surface area contributed by atoms with Gasteiger partial charge in [0, 0.05) is 7.05 Å². The molecular formula is C12H14N4O3S. The molecule has 0 unspecified atom stereocenters. The van der Waals surface area contributed by atoms with Crippen molar-refractivity contribution in [3.05, 3.63) is 36.7 Å². The fourth-order valence-electron chi connectivity index (χ4n) is 1.55. The van der Waals surface area contributed by atoms with Gasteiger partial charge in [0.1, 0.15) is 10.6 Å². The molecule has 0 aliphatic heterocycles. The molecule has 2 N–H and O–H groups in total. The van der Waals surface area contributed by atoms with Gasteiger partial charge in [-0.25, -0.2) is 18.4 Å². The van der Waals surface area contributed by atoms with E-state index in [0.717, 1.165) is 4.31 Å². The van der Waals surface area contributed by atoms with E-state index in [0.29, 0.717) is 11.4 Å². The van der Waals surface area contributed by atoms with E-state index >= 15 is 0 Å². The van der Waals surface area contributed by atoms with Crippen molar-refractivity contribution in [1.82, 2.24) is 9.97 Å². The van der Waals surface area contributed by atoms with Crippen LogP contribution in [0.15, 0.2) is 41.6 Å². The molecule has 8 heteroatoms. The van der Waals surface area contributed by atoms with E-state index in [4.69, 9.17) is 10.5 Å². The van der Waals surface area contributed by atoms with Crippen molar-refractivity contribution < 1.29 is 13.2 Å². The molecule has 1 aromatic heterocycles. The SMILES string of the molecule is COc1ccc(N(C)S(=O)(=O)c2cnc(N)nc2)cc1. The Morgan fingerprint density at radius 3 is 2.20 bits per heavy atom. The second kappa shape index (κ2) is 5.33. The molecule has 7 nitrogen and oxygen atoms in total. The molecule has 0 spiro atoms. The summed E-state index contributed by atoms with van der Waals surface area (Å²) < 4.78 is 30.9. The summed E-state index contributed by atoms with van der Waals surface area (Å²) in [6.07, 6.45) is 2.36.